The Bertz CT molecular complexity index is 2390. The third kappa shape index (κ3) is 6.51. The molecule has 0 radical (unpaired) electrons. The Morgan fingerprint density at radius 2 is 1.08 bits per heavy atom. The Kier molecular flexibility index (Phi) is 9.18. The number of aromatic nitrogens is 2. The lowest BCUT2D eigenvalue weighted by atomic mass is 9.93. The summed E-state index contributed by atoms with van der Waals surface area (Å²) < 4.78 is 27.9. The maximum Gasteiger partial charge on any atom is 0.261 e. The van der Waals surface area contributed by atoms with Gasteiger partial charge in [0.1, 0.15) is 0 Å². The second-order valence-electron chi connectivity index (χ2n) is 12.5. The van der Waals surface area contributed by atoms with E-state index in [1.54, 1.807) is 34.8 Å². The van der Waals surface area contributed by atoms with Crippen LogP contribution in [0.1, 0.15) is 70.7 Å². The average Bonchev–Trinajstić information content (AvgIpc) is 3.66. The van der Waals surface area contributed by atoms with Crippen molar-refractivity contribution in [2.75, 3.05) is 32.4 Å². The lowest BCUT2D eigenvalue weighted by Gasteiger charge is -2.27. The molecule has 4 heterocycles. The van der Waals surface area contributed by atoms with Gasteiger partial charge >= 0.3 is 0 Å². The molecule has 0 spiro atoms. The van der Waals surface area contributed by atoms with Crippen LogP contribution in [0.25, 0.3) is 42.0 Å². The molecule has 15 heteroatoms. The van der Waals surface area contributed by atoms with Crippen molar-refractivity contribution in [3.63, 3.8) is 0 Å². The van der Waals surface area contributed by atoms with Crippen LogP contribution in [-0.2, 0) is 10.1 Å². The van der Waals surface area contributed by atoms with Gasteiger partial charge in [-0.3, -0.25) is 33.5 Å². The second kappa shape index (κ2) is 13.5. The van der Waals surface area contributed by atoms with Gasteiger partial charge in [0, 0.05) is 45.8 Å². The highest BCUT2D eigenvalue weighted by Gasteiger charge is 2.35. The molecule has 0 aliphatic carbocycles. The summed E-state index contributed by atoms with van der Waals surface area (Å²) in [6, 6.07) is 14.9. The number of amides is 4. The van der Waals surface area contributed by atoms with Crippen molar-refractivity contribution in [2.45, 2.75) is 33.1 Å². The van der Waals surface area contributed by atoms with Crippen LogP contribution in [0, 0.1) is 13.8 Å². The van der Waals surface area contributed by atoms with E-state index < -0.39 is 10.1 Å². The lowest BCUT2D eigenvalue weighted by Crippen LogP contribution is -2.41. The number of hydrogen-bond donors (Lipinski definition) is 2. The molecule has 4 aromatic carbocycles. The van der Waals surface area contributed by atoms with Gasteiger partial charge in [-0.1, -0.05) is 24.3 Å². The number of benzene rings is 4. The van der Waals surface area contributed by atoms with Crippen LogP contribution in [0.3, 0.4) is 0 Å². The van der Waals surface area contributed by atoms with Crippen molar-refractivity contribution < 1.29 is 32.1 Å². The molecule has 2 N–H and O–H groups in total. The van der Waals surface area contributed by atoms with Gasteiger partial charge in [-0.25, -0.2) is 9.97 Å². The monoisotopic (exact) mass is 743 g/mol. The molecule has 0 saturated carbocycles. The topological polar surface area (TPSA) is 167 Å². The van der Waals surface area contributed by atoms with Crippen molar-refractivity contribution >= 4 is 98.4 Å². The normalized spacial score (nSPS) is 14.4. The number of thiazole rings is 2. The van der Waals surface area contributed by atoms with Crippen molar-refractivity contribution in [2.24, 2.45) is 0 Å². The van der Waals surface area contributed by atoms with E-state index in [9.17, 15) is 27.6 Å². The van der Waals surface area contributed by atoms with E-state index in [0.29, 0.717) is 67.5 Å². The molecule has 8 rings (SSSR count). The summed E-state index contributed by atoms with van der Waals surface area (Å²) in [7, 11) is -3.67. The standard InChI is InChI=1S/C35H29N5O4S2.CH4O3S/c1-18-37-26-16-24-28-20(30(26)45-18)8-5-10-22(28)32(41)39(34(24)43)14-4-3-12-36-13-7-15-40-33(42)23-11-6-9-21-29(23)25(35(40)44)17-27-31(21)46-19(2)38-27;1-5(2,3)4/h5-6,8-11,16-17,36H,3-4,7,12-15H2,1-2H3;1H3,(H,2,3,4). The maximum atomic E-state index is 13.5. The molecule has 0 bridgehead atoms. The van der Waals surface area contributed by atoms with Crippen LogP contribution in [0.15, 0.2) is 48.5 Å². The number of nitrogens with one attached hydrogen (secondary N) is 1. The highest BCUT2D eigenvalue weighted by atomic mass is 32.2. The van der Waals surface area contributed by atoms with Gasteiger partial charge in [-0.05, 0) is 70.5 Å². The minimum absolute atomic E-state index is 0.254. The number of hydrogen-bond acceptors (Lipinski definition) is 11. The fourth-order valence-corrected chi connectivity index (χ4v) is 8.68. The number of unbranched alkanes of at least 4 members (excludes halogenated alkanes) is 1. The van der Waals surface area contributed by atoms with E-state index in [1.807, 2.05) is 50.2 Å². The van der Waals surface area contributed by atoms with Crippen LogP contribution in [0.5, 0.6) is 0 Å². The fourth-order valence-electron chi connectivity index (χ4n) is 6.82. The van der Waals surface area contributed by atoms with Gasteiger partial charge < -0.3 is 5.32 Å². The molecule has 2 aromatic heterocycles. The Morgan fingerprint density at radius 1 is 0.667 bits per heavy atom. The number of nitrogens with zero attached hydrogens (tertiary/aromatic N) is 4. The van der Waals surface area contributed by atoms with Gasteiger partial charge in [-0.15, -0.1) is 22.7 Å². The third-order valence-corrected chi connectivity index (χ3v) is 10.9. The molecule has 0 saturated heterocycles. The third-order valence-electron chi connectivity index (χ3n) is 8.86. The maximum absolute atomic E-state index is 13.5. The zero-order chi connectivity index (χ0) is 36.2. The highest BCUT2D eigenvalue weighted by molar-refractivity contribution is 7.85. The van der Waals surface area contributed by atoms with Crippen molar-refractivity contribution in [1.29, 1.82) is 0 Å². The van der Waals surface area contributed by atoms with Crippen LogP contribution in [-0.4, -0.2) is 88.8 Å². The van der Waals surface area contributed by atoms with E-state index in [-0.39, 0.29) is 23.6 Å². The summed E-state index contributed by atoms with van der Waals surface area (Å²) in [6.45, 7) is 5.83. The average molecular weight is 744 g/mol. The molecule has 0 unspecified atom stereocenters. The lowest BCUT2D eigenvalue weighted by molar-refractivity contribution is 0.0591. The van der Waals surface area contributed by atoms with Crippen LogP contribution in [0.2, 0.25) is 0 Å². The Labute approximate surface area is 300 Å². The first-order valence-corrected chi connectivity index (χ1v) is 19.8. The summed E-state index contributed by atoms with van der Waals surface area (Å²) in [5, 5.41) is 8.48. The Balaban J connectivity index is 0.000000761. The summed E-state index contributed by atoms with van der Waals surface area (Å²) in [6.07, 6.45) is 2.74. The number of carbonyl (C=O) groups is 4. The summed E-state index contributed by atoms with van der Waals surface area (Å²) in [5.41, 5.74) is 3.75. The van der Waals surface area contributed by atoms with E-state index in [2.05, 4.69) is 15.3 Å². The first-order valence-electron chi connectivity index (χ1n) is 16.3. The molecule has 2 aliphatic rings. The van der Waals surface area contributed by atoms with Gasteiger partial charge in [0.05, 0.1) is 47.8 Å². The molecule has 51 heavy (non-hydrogen) atoms. The Morgan fingerprint density at radius 3 is 1.55 bits per heavy atom. The fraction of sp³-hybridized carbons (Fsp3) is 0.278. The number of fused-ring (bicyclic) bond motifs is 4. The SMILES string of the molecule is CS(=O)(=O)O.Cc1nc2cc3c4c(cccc4c2s1)C(=O)N(CCCCNCCCN1C(=O)c2cccc4c2c(cc2nc(C)sc24)C1=O)C3=O. The molecule has 2 aliphatic heterocycles. The van der Waals surface area contributed by atoms with Gasteiger partial charge in [0.2, 0.25) is 0 Å². The minimum atomic E-state index is -3.67. The molecule has 4 amide bonds. The zero-order valence-corrected chi connectivity index (χ0v) is 30.4. The van der Waals surface area contributed by atoms with E-state index in [1.165, 1.54) is 9.80 Å². The first kappa shape index (κ1) is 34.8. The van der Waals surface area contributed by atoms with Crippen molar-refractivity contribution in [1.82, 2.24) is 25.1 Å². The quantitative estimate of drug-likeness (QED) is 0.102. The summed E-state index contributed by atoms with van der Waals surface area (Å²) in [4.78, 5) is 65.6. The summed E-state index contributed by atoms with van der Waals surface area (Å²) in [5.74, 6) is -1.06. The number of rotatable bonds is 9. The number of carbonyl (C=O) groups excluding carboxylic acids is 4. The molecule has 0 atom stereocenters. The van der Waals surface area contributed by atoms with Crippen LogP contribution in [0.4, 0.5) is 0 Å². The molecule has 262 valence electrons. The predicted molar refractivity (Wildman–Crippen MR) is 199 cm³/mol. The van der Waals surface area contributed by atoms with Gasteiger partial charge in [0.15, 0.2) is 0 Å². The van der Waals surface area contributed by atoms with Crippen molar-refractivity contribution in [3.8, 4) is 0 Å². The molecular formula is C36H33N5O7S3. The van der Waals surface area contributed by atoms with E-state index in [0.717, 1.165) is 58.4 Å². The van der Waals surface area contributed by atoms with Crippen LogP contribution < -0.4 is 5.32 Å². The largest absolute Gasteiger partial charge is 0.317 e. The smallest absolute Gasteiger partial charge is 0.261 e. The molecule has 6 aromatic rings. The van der Waals surface area contributed by atoms with Crippen molar-refractivity contribution in [3.05, 3.63) is 80.8 Å². The molecular weight excluding hydrogens is 711 g/mol. The number of aryl methyl sites for hydroxylation is 2. The van der Waals surface area contributed by atoms with Crippen LogP contribution >= 0.6 is 22.7 Å². The number of imide groups is 2. The van der Waals surface area contributed by atoms with E-state index in [4.69, 9.17) is 4.55 Å². The molecule has 0 fully saturated rings. The summed E-state index contributed by atoms with van der Waals surface area (Å²) >= 11 is 3.15. The minimum Gasteiger partial charge on any atom is -0.317 e. The van der Waals surface area contributed by atoms with Gasteiger partial charge in [-0.2, -0.15) is 8.42 Å². The zero-order valence-electron chi connectivity index (χ0n) is 28.0. The highest BCUT2D eigenvalue weighted by Crippen LogP contribution is 2.39. The van der Waals surface area contributed by atoms with E-state index >= 15 is 0 Å². The first-order chi connectivity index (χ1) is 24.3. The molecule has 12 nitrogen and oxygen atoms in total. The predicted octanol–water partition coefficient (Wildman–Crippen LogP) is 5.99. The Hall–Kier alpha value is -4.67. The second-order valence-corrected chi connectivity index (χ2v) is 16.4. The van der Waals surface area contributed by atoms with Gasteiger partial charge in [0.25, 0.3) is 33.7 Å².